The molecule has 0 aliphatic carbocycles. The summed E-state index contributed by atoms with van der Waals surface area (Å²) in [5.74, 6) is 0. The fourth-order valence-corrected chi connectivity index (χ4v) is 4.26. The number of para-hydroxylation sites is 1. The highest BCUT2D eigenvalue weighted by Crippen LogP contribution is 2.34. The molecule has 0 atom stereocenters. The first-order chi connectivity index (χ1) is 11.3. The van der Waals surface area contributed by atoms with E-state index in [0.717, 1.165) is 15.4 Å². The Labute approximate surface area is 146 Å². The van der Waals surface area contributed by atoms with E-state index in [2.05, 4.69) is 58.4 Å². The Hall–Kier alpha value is -2.10. The van der Waals surface area contributed by atoms with E-state index in [4.69, 9.17) is 4.42 Å². The molecule has 0 aliphatic rings. The van der Waals surface area contributed by atoms with Gasteiger partial charge < -0.3 is 4.42 Å². The molecule has 2 aromatic heterocycles. The molecule has 5 aromatic rings. The Morgan fingerprint density at radius 2 is 1.52 bits per heavy atom. The summed E-state index contributed by atoms with van der Waals surface area (Å²) in [7, 11) is 0. The first-order valence-corrected chi connectivity index (χ1v) is 8.91. The highest BCUT2D eigenvalue weighted by atomic mass is 79.9. The Morgan fingerprint density at radius 3 is 2.43 bits per heavy atom. The first kappa shape index (κ1) is 14.5. The van der Waals surface area contributed by atoms with Gasteiger partial charge in [0.05, 0.1) is 6.26 Å². The average molecular weight is 381 g/mol. The molecule has 0 saturated carbocycles. The lowest BCUT2D eigenvalue weighted by Crippen LogP contribution is -1.65. The zero-order valence-electron chi connectivity index (χ0n) is 12.2. The van der Waals surface area contributed by atoms with Gasteiger partial charge in [-0.25, -0.2) is 0 Å². The number of thiophene rings is 1. The quantitative estimate of drug-likeness (QED) is 0.275. The smallest absolute Gasteiger partial charge is 0.133 e. The van der Waals surface area contributed by atoms with Crippen LogP contribution in [0.25, 0.3) is 31.1 Å². The van der Waals surface area contributed by atoms with Crippen molar-refractivity contribution < 1.29 is 4.42 Å². The molecule has 5 rings (SSSR count). The van der Waals surface area contributed by atoms with Crippen LogP contribution < -0.4 is 0 Å². The summed E-state index contributed by atoms with van der Waals surface area (Å²) < 4.78 is 8.98. The lowest BCUT2D eigenvalue weighted by Gasteiger charge is -1.91. The van der Waals surface area contributed by atoms with Gasteiger partial charge in [0.25, 0.3) is 0 Å². The molecule has 23 heavy (non-hydrogen) atoms. The van der Waals surface area contributed by atoms with Gasteiger partial charge >= 0.3 is 0 Å². The summed E-state index contributed by atoms with van der Waals surface area (Å²) in [5, 5.41) is 3.88. The van der Waals surface area contributed by atoms with Gasteiger partial charge in [-0.3, -0.25) is 0 Å². The van der Waals surface area contributed by atoms with E-state index in [-0.39, 0.29) is 0 Å². The normalized spacial score (nSPS) is 10.8. The third kappa shape index (κ3) is 2.90. The Bertz CT molecular complexity index is 1060. The summed E-state index contributed by atoms with van der Waals surface area (Å²) in [6.45, 7) is 0. The van der Waals surface area contributed by atoms with Crippen LogP contribution in [-0.2, 0) is 0 Å². The van der Waals surface area contributed by atoms with E-state index in [1.165, 1.54) is 20.2 Å². The van der Waals surface area contributed by atoms with Crippen LogP contribution in [0.5, 0.6) is 0 Å². The van der Waals surface area contributed by atoms with Crippen LogP contribution in [0.2, 0.25) is 0 Å². The van der Waals surface area contributed by atoms with Gasteiger partial charge in [0.15, 0.2) is 0 Å². The van der Waals surface area contributed by atoms with E-state index < -0.39 is 0 Å². The highest BCUT2D eigenvalue weighted by Gasteiger charge is 2.03. The third-order valence-electron chi connectivity index (χ3n) is 3.70. The molecule has 0 fully saturated rings. The standard InChI is InChI=1S/C12H7BrS.C8H6O/c13-8-5-6-10-9-3-1-2-4-11(9)14-12(10)7-8;1-2-4-8-7(3-1)5-6-9-8/h1-7H;1-6H. The van der Waals surface area contributed by atoms with E-state index in [9.17, 15) is 0 Å². The van der Waals surface area contributed by atoms with E-state index in [1.807, 2.05) is 41.7 Å². The summed E-state index contributed by atoms with van der Waals surface area (Å²) in [6.07, 6.45) is 1.70. The van der Waals surface area contributed by atoms with Crippen molar-refractivity contribution in [3.8, 4) is 0 Å². The number of halogens is 1. The topological polar surface area (TPSA) is 13.1 Å². The van der Waals surface area contributed by atoms with Crippen molar-refractivity contribution in [1.29, 1.82) is 0 Å². The molecular weight excluding hydrogens is 368 g/mol. The molecule has 0 unspecified atom stereocenters. The van der Waals surface area contributed by atoms with Gasteiger partial charge in [0.2, 0.25) is 0 Å². The van der Waals surface area contributed by atoms with Crippen molar-refractivity contribution in [3.63, 3.8) is 0 Å². The number of rotatable bonds is 0. The van der Waals surface area contributed by atoms with Gasteiger partial charge in [-0.1, -0.05) is 58.4 Å². The molecule has 0 bridgehead atoms. The molecule has 2 heterocycles. The van der Waals surface area contributed by atoms with E-state index in [0.29, 0.717) is 0 Å². The second kappa shape index (κ2) is 6.19. The monoisotopic (exact) mass is 380 g/mol. The molecule has 0 saturated heterocycles. The first-order valence-electron chi connectivity index (χ1n) is 7.30. The highest BCUT2D eigenvalue weighted by molar-refractivity contribution is 9.10. The predicted molar refractivity (Wildman–Crippen MR) is 103 cm³/mol. The molecule has 112 valence electrons. The summed E-state index contributed by atoms with van der Waals surface area (Å²) in [4.78, 5) is 0. The minimum absolute atomic E-state index is 0.956. The molecule has 0 N–H and O–H groups in total. The Kier molecular flexibility index (Phi) is 3.90. The maximum Gasteiger partial charge on any atom is 0.133 e. The largest absolute Gasteiger partial charge is 0.464 e. The zero-order valence-corrected chi connectivity index (χ0v) is 14.6. The molecule has 3 heteroatoms. The van der Waals surface area contributed by atoms with Crippen LogP contribution in [0.1, 0.15) is 0 Å². The molecule has 1 nitrogen and oxygen atoms in total. The van der Waals surface area contributed by atoms with Crippen LogP contribution in [0, 0.1) is 0 Å². The summed E-state index contributed by atoms with van der Waals surface area (Å²) in [6, 6.07) is 24.9. The van der Waals surface area contributed by atoms with Crippen molar-refractivity contribution in [1.82, 2.24) is 0 Å². The fraction of sp³-hybridized carbons (Fsp3) is 0. The number of benzene rings is 3. The van der Waals surface area contributed by atoms with Crippen molar-refractivity contribution in [3.05, 3.63) is 83.5 Å². The number of fused-ring (bicyclic) bond motifs is 4. The molecule has 0 aliphatic heterocycles. The van der Waals surface area contributed by atoms with Gasteiger partial charge in [0, 0.05) is 30.0 Å². The van der Waals surface area contributed by atoms with Crippen LogP contribution in [0.15, 0.2) is 87.9 Å². The molecule has 0 spiro atoms. The lowest BCUT2D eigenvalue weighted by atomic mass is 10.2. The summed E-state index contributed by atoms with van der Waals surface area (Å²) in [5.41, 5.74) is 0.956. The SMILES string of the molecule is Brc1ccc2c(c1)sc1ccccc12.c1ccc2occc2c1. The van der Waals surface area contributed by atoms with Crippen LogP contribution in [0.3, 0.4) is 0 Å². The summed E-state index contributed by atoms with van der Waals surface area (Å²) >= 11 is 5.34. The van der Waals surface area contributed by atoms with Crippen molar-refractivity contribution in [2.75, 3.05) is 0 Å². The van der Waals surface area contributed by atoms with E-state index in [1.54, 1.807) is 6.26 Å². The second-order valence-corrected chi connectivity index (χ2v) is 7.20. The predicted octanol–water partition coefficient (Wildman–Crippen LogP) is 7.25. The third-order valence-corrected chi connectivity index (χ3v) is 5.33. The minimum atomic E-state index is 0.956. The van der Waals surface area contributed by atoms with Crippen molar-refractivity contribution in [2.45, 2.75) is 0 Å². The number of hydrogen-bond acceptors (Lipinski definition) is 2. The van der Waals surface area contributed by atoms with Crippen molar-refractivity contribution >= 4 is 58.4 Å². The Balaban J connectivity index is 0.000000130. The van der Waals surface area contributed by atoms with Crippen LogP contribution in [-0.4, -0.2) is 0 Å². The van der Waals surface area contributed by atoms with Crippen LogP contribution in [0.4, 0.5) is 0 Å². The average Bonchev–Trinajstić information content (AvgIpc) is 3.19. The fourth-order valence-electron chi connectivity index (χ4n) is 2.61. The molecule has 0 amide bonds. The van der Waals surface area contributed by atoms with Crippen molar-refractivity contribution in [2.24, 2.45) is 0 Å². The second-order valence-electron chi connectivity index (χ2n) is 5.20. The van der Waals surface area contributed by atoms with E-state index >= 15 is 0 Å². The van der Waals surface area contributed by atoms with Gasteiger partial charge in [0.1, 0.15) is 5.58 Å². The Morgan fingerprint density at radius 1 is 0.739 bits per heavy atom. The lowest BCUT2D eigenvalue weighted by molar-refractivity contribution is 0.616. The van der Waals surface area contributed by atoms with Gasteiger partial charge in [-0.05, 0) is 30.3 Å². The zero-order chi connectivity index (χ0) is 15.6. The maximum absolute atomic E-state index is 5.12. The number of hydrogen-bond donors (Lipinski definition) is 0. The molecular formula is C20H13BrOS. The molecule has 3 aromatic carbocycles. The minimum Gasteiger partial charge on any atom is -0.464 e. The van der Waals surface area contributed by atoms with Gasteiger partial charge in [-0.15, -0.1) is 11.3 Å². The maximum atomic E-state index is 5.12. The van der Waals surface area contributed by atoms with Gasteiger partial charge in [-0.2, -0.15) is 0 Å². The van der Waals surface area contributed by atoms with Crippen LogP contribution >= 0.6 is 27.3 Å². The molecule has 0 radical (unpaired) electrons. The number of furan rings is 1.